The maximum absolute atomic E-state index is 14.9. The maximum atomic E-state index is 14.9. The van der Waals surface area contributed by atoms with Gasteiger partial charge in [-0.2, -0.15) is 5.10 Å². The number of alkyl halides is 2. The second kappa shape index (κ2) is 26.7. The van der Waals surface area contributed by atoms with Crippen LogP contribution in [0.1, 0.15) is 128 Å². The highest BCUT2D eigenvalue weighted by atomic mass is 19.3. The Hall–Kier alpha value is -5.81. The molecule has 1 unspecified atom stereocenters. The number of carbonyl (C=O) groups is 5. The number of ether oxygens (including phenoxy) is 1. The van der Waals surface area contributed by atoms with Crippen LogP contribution in [0.15, 0.2) is 47.9 Å². The molecule has 7 rings (SSSR count). The number of nitrogens with one attached hydrogen (secondary N) is 3. The summed E-state index contributed by atoms with van der Waals surface area (Å²) >= 11 is 0. The minimum Gasteiger partial charge on any atom is -0.385 e. The SMILES string of the molecule is CC.CCCC(C=O)N(C)C(=O)c1cc2c(cc1C=O)CCN(CCCCCn1cc(-c3cc4c(cc3C(F)F)N(C(=N)C3=C(NC5CCOCC5)CCN(C=O)C3)CCC4)cn1)C2.CNC=O. The molecule has 0 radical (unpaired) electrons. The number of unbranched alkanes of at least 4 members (excludes halogenated alkanes) is 2. The van der Waals surface area contributed by atoms with Gasteiger partial charge in [0, 0.05) is 112 Å². The van der Waals surface area contributed by atoms with Crippen molar-refractivity contribution in [3.05, 3.63) is 81.3 Å². The highest BCUT2D eigenvalue weighted by Crippen LogP contribution is 2.40. The molecule has 0 spiro atoms. The molecular weight excluding hydrogens is 873 g/mol. The van der Waals surface area contributed by atoms with Crippen LogP contribution in [0.5, 0.6) is 0 Å². The molecule has 68 heavy (non-hydrogen) atoms. The number of halogens is 2. The molecule has 0 bridgehead atoms. The maximum Gasteiger partial charge on any atom is 0.264 e. The van der Waals surface area contributed by atoms with Crippen molar-refractivity contribution in [1.29, 1.82) is 5.41 Å². The standard InChI is InChI=1S/C47H60F2N8O5.C2H5NO.C2H6/c1-3-8-38(30-59)53(2)47(61)40-23-34-26-54(17-10-32(34)21-35(40)29-58)14-5-4-6-15-56-27-36(25-51-56)39-22-33-9-7-16-57(44(33)24-41(39)45(48)49)46(50)42-28-55(31-60)18-11-43(42)52-37-12-19-62-20-13-37;1-3-2-4;1-2/h21-25,27,29-31,37-38,45,50,52H,3-20,26,28H2,1-2H3;2H,1H3,(H,3,4);1-2H3. The van der Waals surface area contributed by atoms with Gasteiger partial charge in [0.25, 0.3) is 12.3 Å². The fourth-order valence-electron chi connectivity index (χ4n) is 9.37. The molecule has 3 N–H and O–H groups in total. The van der Waals surface area contributed by atoms with Crippen molar-refractivity contribution in [2.45, 2.75) is 123 Å². The number of aldehydes is 2. The normalized spacial score (nSPS) is 16.5. The van der Waals surface area contributed by atoms with E-state index in [0.717, 1.165) is 111 Å². The second-order valence-corrected chi connectivity index (χ2v) is 17.5. The summed E-state index contributed by atoms with van der Waals surface area (Å²) in [5.74, 6) is -0.0813. The van der Waals surface area contributed by atoms with E-state index in [9.17, 15) is 33.4 Å². The van der Waals surface area contributed by atoms with Gasteiger partial charge in [0.05, 0.1) is 24.3 Å². The lowest BCUT2D eigenvalue weighted by Gasteiger charge is -2.37. The average molecular weight is 944 g/mol. The van der Waals surface area contributed by atoms with Crippen molar-refractivity contribution in [3.8, 4) is 11.1 Å². The van der Waals surface area contributed by atoms with Crippen molar-refractivity contribution in [3.63, 3.8) is 0 Å². The van der Waals surface area contributed by atoms with Gasteiger partial charge in [-0.05, 0) is 104 Å². The second-order valence-electron chi connectivity index (χ2n) is 17.5. The number of hydrogen-bond donors (Lipinski definition) is 3. The topological polar surface area (TPSA) is 173 Å². The Morgan fingerprint density at radius 2 is 1.71 bits per heavy atom. The fraction of sp³-hybridized carbons (Fsp3) is 0.549. The van der Waals surface area contributed by atoms with Crippen LogP contribution in [0.25, 0.3) is 11.1 Å². The molecule has 0 aliphatic carbocycles. The summed E-state index contributed by atoms with van der Waals surface area (Å²) in [7, 11) is 3.18. The van der Waals surface area contributed by atoms with E-state index >= 15 is 0 Å². The van der Waals surface area contributed by atoms with Gasteiger partial charge in [-0.15, -0.1) is 0 Å². The smallest absolute Gasteiger partial charge is 0.264 e. The van der Waals surface area contributed by atoms with Crippen molar-refractivity contribution >= 4 is 42.8 Å². The van der Waals surface area contributed by atoms with Crippen molar-refractivity contribution in [2.75, 3.05) is 64.9 Å². The zero-order chi connectivity index (χ0) is 49.2. The van der Waals surface area contributed by atoms with E-state index in [0.29, 0.717) is 99.6 Å². The van der Waals surface area contributed by atoms with Crippen LogP contribution in [0.2, 0.25) is 0 Å². The number of carbonyl (C=O) groups excluding carboxylic acids is 5. The molecule has 3 aromatic rings. The Morgan fingerprint density at radius 1 is 0.956 bits per heavy atom. The summed E-state index contributed by atoms with van der Waals surface area (Å²) in [4.78, 5) is 65.2. The number of hydrogen-bond acceptors (Lipinski definition) is 10. The molecule has 1 atom stereocenters. The number of amidine groups is 1. The summed E-state index contributed by atoms with van der Waals surface area (Å²) in [5.41, 5.74) is 6.98. The highest BCUT2D eigenvalue weighted by Gasteiger charge is 2.31. The predicted octanol–water partition coefficient (Wildman–Crippen LogP) is 6.97. The van der Waals surface area contributed by atoms with Crippen LogP contribution in [0.4, 0.5) is 14.5 Å². The van der Waals surface area contributed by atoms with Gasteiger partial charge < -0.3 is 34.9 Å². The Kier molecular flexibility index (Phi) is 20.8. The number of likely N-dealkylation sites (N-methyl/N-ethyl adjacent to an activating group) is 1. The summed E-state index contributed by atoms with van der Waals surface area (Å²) in [5, 5.41) is 19.9. The minimum atomic E-state index is -2.73. The molecule has 1 aromatic heterocycles. The number of nitrogens with zero attached hydrogens (tertiary/aromatic N) is 6. The van der Waals surface area contributed by atoms with Gasteiger partial charge in [-0.1, -0.05) is 33.6 Å². The minimum absolute atomic E-state index is 0.0913. The van der Waals surface area contributed by atoms with Crippen molar-refractivity contribution in [1.82, 2.24) is 35.1 Å². The first-order valence-electron chi connectivity index (χ1n) is 24.3. The summed E-state index contributed by atoms with van der Waals surface area (Å²) < 4.78 is 37.1. The predicted molar refractivity (Wildman–Crippen MR) is 260 cm³/mol. The molecule has 4 aliphatic rings. The number of fused-ring (bicyclic) bond motifs is 2. The van der Waals surface area contributed by atoms with E-state index in [2.05, 4.69) is 20.6 Å². The number of rotatable bonds is 19. The number of benzene rings is 2. The average Bonchev–Trinajstić information content (AvgIpc) is 3.86. The molecule has 15 nitrogen and oxygen atoms in total. The quantitative estimate of drug-likeness (QED) is 0.0493. The molecule has 0 saturated carbocycles. The summed E-state index contributed by atoms with van der Waals surface area (Å²) in [6.07, 6.45) is 12.4. The highest BCUT2D eigenvalue weighted by molar-refractivity contribution is 6.09. The van der Waals surface area contributed by atoms with Gasteiger partial charge in [0.15, 0.2) is 6.29 Å². The Bertz CT molecular complexity index is 2220. The first-order chi connectivity index (χ1) is 33.0. The van der Waals surface area contributed by atoms with Gasteiger partial charge in [-0.3, -0.25) is 34.2 Å². The van der Waals surface area contributed by atoms with Crippen LogP contribution in [0.3, 0.4) is 0 Å². The lowest BCUT2D eigenvalue weighted by molar-refractivity contribution is -0.118. The fourth-order valence-corrected chi connectivity index (χ4v) is 9.37. The van der Waals surface area contributed by atoms with E-state index < -0.39 is 12.5 Å². The molecule has 370 valence electrons. The molecule has 3 amide bonds. The number of aromatic nitrogens is 2. The van der Waals surface area contributed by atoms with E-state index in [1.54, 1.807) is 31.3 Å². The lowest BCUT2D eigenvalue weighted by Crippen LogP contribution is -2.45. The molecule has 1 fully saturated rings. The van der Waals surface area contributed by atoms with E-state index in [1.165, 1.54) is 4.90 Å². The summed E-state index contributed by atoms with van der Waals surface area (Å²) in [6, 6.07) is 6.75. The van der Waals surface area contributed by atoms with Gasteiger partial charge >= 0.3 is 0 Å². The molecule has 4 aliphatic heterocycles. The lowest BCUT2D eigenvalue weighted by atomic mass is 9.92. The Balaban J connectivity index is 0.00000137. The zero-order valence-corrected chi connectivity index (χ0v) is 40.5. The summed E-state index contributed by atoms with van der Waals surface area (Å²) in [6.45, 7) is 11.7. The van der Waals surface area contributed by atoms with E-state index in [1.807, 2.05) is 54.7 Å². The largest absolute Gasteiger partial charge is 0.385 e. The van der Waals surface area contributed by atoms with E-state index in [-0.39, 0.29) is 23.3 Å². The van der Waals surface area contributed by atoms with Gasteiger partial charge in [0.2, 0.25) is 12.8 Å². The van der Waals surface area contributed by atoms with Crippen LogP contribution < -0.4 is 15.5 Å². The van der Waals surface area contributed by atoms with E-state index in [4.69, 9.17) is 9.53 Å². The number of amides is 3. The Morgan fingerprint density at radius 3 is 2.38 bits per heavy atom. The van der Waals surface area contributed by atoms with Gasteiger partial charge in [-0.25, -0.2) is 8.78 Å². The Labute approximate surface area is 400 Å². The van der Waals surface area contributed by atoms with Crippen molar-refractivity contribution < 1.29 is 37.5 Å². The third-order valence-electron chi connectivity index (χ3n) is 13.1. The van der Waals surface area contributed by atoms with Crippen LogP contribution >= 0.6 is 0 Å². The zero-order valence-electron chi connectivity index (χ0n) is 40.5. The number of aryl methyl sites for hydroxylation is 2. The van der Waals surface area contributed by atoms with Crippen LogP contribution in [-0.2, 0) is 45.1 Å². The molecule has 5 heterocycles. The monoisotopic (exact) mass is 944 g/mol. The molecule has 2 aromatic carbocycles. The van der Waals surface area contributed by atoms with Gasteiger partial charge in [0.1, 0.15) is 12.1 Å². The third-order valence-corrected chi connectivity index (χ3v) is 13.1. The first-order valence-corrected chi connectivity index (χ1v) is 24.3. The van der Waals surface area contributed by atoms with Crippen LogP contribution in [0, 0.1) is 5.41 Å². The molecule has 17 heteroatoms. The molecule has 1 saturated heterocycles. The van der Waals surface area contributed by atoms with Crippen LogP contribution in [-0.4, -0.2) is 134 Å². The number of anilines is 1. The third kappa shape index (κ3) is 13.5. The van der Waals surface area contributed by atoms with Crippen molar-refractivity contribution in [2.24, 2.45) is 0 Å². The molecular formula is C51H71F2N9O6. The first kappa shape index (κ1) is 53.1.